The lowest BCUT2D eigenvalue weighted by Gasteiger charge is -2.19. The fourth-order valence-electron chi connectivity index (χ4n) is 0.976. The first-order chi connectivity index (χ1) is 7.26. The van der Waals surface area contributed by atoms with Crippen molar-refractivity contribution in [3.63, 3.8) is 0 Å². The zero-order valence-electron chi connectivity index (χ0n) is 10.4. The highest BCUT2D eigenvalue weighted by Gasteiger charge is 2.17. The molecule has 94 valence electrons. The molecule has 0 saturated carbocycles. The van der Waals surface area contributed by atoms with E-state index in [9.17, 15) is 9.59 Å². The highest BCUT2D eigenvalue weighted by Crippen LogP contribution is 2.05. The molecule has 16 heavy (non-hydrogen) atoms. The number of hydrogen-bond donors (Lipinski definition) is 2. The van der Waals surface area contributed by atoms with Crippen LogP contribution in [0.2, 0.25) is 0 Å². The lowest BCUT2D eigenvalue weighted by atomic mass is 10.1. The van der Waals surface area contributed by atoms with Gasteiger partial charge in [-0.3, -0.25) is 9.59 Å². The molecular formula is C11H21NO4. The van der Waals surface area contributed by atoms with E-state index in [4.69, 9.17) is 9.84 Å². The SMILES string of the molecule is CCC(CNC(=O)COC(C)(C)C)C(=O)O. The van der Waals surface area contributed by atoms with E-state index < -0.39 is 11.9 Å². The van der Waals surface area contributed by atoms with Crippen LogP contribution in [0.15, 0.2) is 0 Å². The van der Waals surface area contributed by atoms with Crippen molar-refractivity contribution >= 4 is 11.9 Å². The van der Waals surface area contributed by atoms with E-state index in [-0.39, 0.29) is 24.7 Å². The Morgan fingerprint density at radius 3 is 2.31 bits per heavy atom. The minimum Gasteiger partial charge on any atom is -0.481 e. The number of hydrogen-bond acceptors (Lipinski definition) is 3. The van der Waals surface area contributed by atoms with Crippen molar-refractivity contribution < 1.29 is 19.4 Å². The van der Waals surface area contributed by atoms with Crippen LogP contribution in [0.3, 0.4) is 0 Å². The van der Waals surface area contributed by atoms with Crippen molar-refractivity contribution in [3.8, 4) is 0 Å². The molecule has 0 aromatic rings. The van der Waals surface area contributed by atoms with Gasteiger partial charge in [0, 0.05) is 6.54 Å². The average molecular weight is 231 g/mol. The third kappa shape index (κ3) is 7.23. The molecule has 0 aromatic heterocycles. The topological polar surface area (TPSA) is 75.6 Å². The van der Waals surface area contributed by atoms with Crippen molar-refractivity contribution in [2.45, 2.75) is 39.7 Å². The monoisotopic (exact) mass is 231 g/mol. The molecule has 0 saturated heterocycles. The number of nitrogens with one attached hydrogen (secondary N) is 1. The number of carbonyl (C=O) groups is 2. The van der Waals surface area contributed by atoms with Crippen molar-refractivity contribution in [1.29, 1.82) is 0 Å². The zero-order valence-corrected chi connectivity index (χ0v) is 10.4. The summed E-state index contributed by atoms with van der Waals surface area (Å²) in [4.78, 5) is 22.0. The number of carbonyl (C=O) groups excluding carboxylic acids is 1. The van der Waals surface area contributed by atoms with Crippen molar-refractivity contribution in [2.75, 3.05) is 13.2 Å². The summed E-state index contributed by atoms with van der Waals surface area (Å²) >= 11 is 0. The second kappa shape index (κ2) is 6.48. The quantitative estimate of drug-likeness (QED) is 0.716. The lowest BCUT2D eigenvalue weighted by molar-refractivity contribution is -0.142. The van der Waals surface area contributed by atoms with Gasteiger partial charge in [0.1, 0.15) is 6.61 Å². The van der Waals surface area contributed by atoms with E-state index in [0.29, 0.717) is 6.42 Å². The van der Waals surface area contributed by atoms with Gasteiger partial charge < -0.3 is 15.2 Å². The first-order valence-corrected chi connectivity index (χ1v) is 5.39. The van der Waals surface area contributed by atoms with Crippen LogP contribution in [0, 0.1) is 5.92 Å². The summed E-state index contributed by atoms with van der Waals surface area (Å²) in [6, 6.07) is 0. The molecule has 0 bridgehead atoms. The second-order valence-electron chi connectivity index (χ2n) is 4.65. The van der Waals surface area contributed by atoms with Crippen LogP contribution in [0.5, 0.6) is 0 Å². The van der Waals surface area contributed by atoms with E-state index in [2.05, 4.69) is 5.32 Å². The van der Waals surface area contributed by atoms with E-state index in [1.54, 1.807) is 6.92 Å². The maximum atomic E-state index is 11.3. The molecule has 2 N–H and O–H groups in total. The number of ether oxygens (including phenoxy) is 1. The van der Waals surface area contributed by atoms with Gasteiger partial charge in [0.15, 0.2) is 0 Å². The summed E-state index contributed by atoms with van der Waals surface area (Å²) in [6.45, 7) is 7.44. The molecule has 0 aliphatic heterocycles. The lowest BCUT2D eigenvalue weighted by Crippen LogP contribution is -2.36. The van der Waals surface area contributed by atoms with E-state index >= 15 is 0 Å². The standard InChI is InChI=1S/C11H21NO4/c1-5-8(10(14)15)6-12-9(13)7-16-11(2,3)4/h8H,5-7H2,1-4H3,(H,12,13)(H,14,15). The highest BCUT2D eigenvalue weighted by atomic mass is 16.5. The Morgan fingerprint density at radius 2 is 1.94 bits per heavy atom. The van der Waals surface area contributed by atoms with Gasteiger partial charge in [-0.05, 0) is 27.2 Å². The molecule has 0 fully saturated rings. The first-order valence-electron chi connectivity index (χ1n) is 5.39. The molecule has 1 unspecified atom stereocenters. The van der Waals surface area contributed by atoms with Crippen LogP contribution in [0.4, 0.5) is 0 Å². The molecule has 0 aliphatic carbocycles. The molecule has 0 spiro atoms. The largest absolute Gasteiger partial charge is 0.481 e. The Bertz CT molecular complexity index is 245. The number of rotatable bonds is 6. The third-order valence-electron chi connectivity index (χ3n) is 2.02. The van der Waals surface area contributed by atoms with Crippen molar-refractivity contribution in [2.24, 2.45) is 5.92 Å². The summed E-state index contributed by atoms with van der Waals surface area (Å²) in [6.07, 6.45) is 0.496. The van der Waals surface area contributed by atoms with Gasteiger partial charge in [-0.25, -0.2) is 0 Å². The number of amides is 1. The summed E-state index contributed by atoms with van der Waals surface area (Å²) in [5, 5.41) is 11.3. The highest BCUT2D eigenvalue weighted by molar-refractivity contribution is 5.78. The fourth-order valence-corrected chi connectivity index (χ4v) is 0.976. The average Bonchev–Trinajstić information content (AvgIpc) is 2.14. The molecule has 5 heteroatoms. The Hall–Kier alpha value is -1.10. The molecule has 1 amide bonds. The summed E-state index contributed by atoms with van der Waals surface area (Å²) in [7, 11) is 0. The van der Waals surface area contributed by atoms with Crippen molar-refractivity contribution in [3.05, 3.63) is 0 Å². The van der Waals surface area contributed by atoms with Crippen LogP contribution in [-0.4, -0.2) is 35.7 Å². The minimum atomic E-state index is -0.889. The number of carboxylic acids is 1. The predicted molar refractivity (Wildman–Crippen MR) is 60.1 cm³/mol. The summed E-state index contributed by atoms with van der Waals surface area (Å²) in [5.74, 6) is -1.70. The molecular weight excluding hydrogens is 210 g/mol. The zero-order chi connectivity index (χ0) is 12.8. The van der Waals surface area contributed by atoms with Crippen LogP contribution in [-0.2, 0) is 14.3 Å². The van der Waals surface area contributed by atoms with Gasteiger partial charge in [-0.1, -0.05) is 6.92 Å². The van der Waals surface area contributed by atoms with Gasteiger partial charge in [-0.2, -0.15) is 0 Å². The van der Waals surface area contributed by atoms with E-state index in [1.165, 1.54) is 0 Å². The van der Waals surface area contributed by atoms with Gasteiger partial charge in [0.05, 0.1) is 11.5 Å². The molecule has 0 aliphatic rings. The van der Waals surface area contributed by atoms with Crippen LogP contribution >= 0.6 is 0 Å². The van der Waals surface area contributed by atoms with Crippen LogP contribution < -0.4 is 5.32 Å². The predicted octanol–water partition coefficient (Wildman–Crippen LogP) is 1.03. The van der Waals surface area contributed by atoms with Crippen LogP contribution in [0.1, 0.15) is 34.1 Å². The Labute approximate surface area is 96.2 Å². The van der Waals surface area contributed by atoms with E-state index in [0.717, 1.165) is 0 Å². The van der Waals surface area contributed by atoms with Crippen molar-refractivity contribution in [1.82, 2.24) is 5.32 Å². The molecule has 5 nitrogen and oxygen atoms in total. The van der Waals surface area contributed by atoms with Gasteiger partial charge >= 0.3 is 5.97 Å². The first kappa shape index (κ1) is 14.9. The molecule has 0 rings (SSSR count). The third-order valence-corrected chi connectivity index (χ3v) is 2.02. The summed E-state index contributed by atoms with van der Waals surface area (Å²) < 4.78 is 5.26. The molecule has 0 radical (unpaired) electrons. The van der Waals surface area contributed by atoms with Gasteiger partial charge in [-0.15, -0.1) is 0 Å². The fraction of sp³-hybridized carbons (Fsp3) is 0.818. The maximum Gasteiger partial charge on any atom is 0.308 e. The van der Waals surface area contributed by atoms with Crippen LogP contribution in [0.25, 0.3) is 0 Å². The molecule has 0 aromatic carbocycles. The van der Waals surface area contributed by atoms with Gasteiger partial charge in [0.25, 0.3) is 0 Å². The Balaban J connectivity index is 3.85. The number of aliphatic carboxylic acids is 1. The second-order valence-corrected chi connectivity index (χ2v) is 4.65. The maximum absolute atomic E-state index is 11.3. The molecule has 1 atom stereocenters. The van der Waals surface area contributed by atoms with Gasteiger partial charge in [0.2, 0.25) is 5.91 Å². The van der Waals surface area contributed by atoms with E-state index in [1.807, 2.05) is 20.8 Å². The molecule has 0 heterocycles. The Morgan fingerprint density at radius 1 is 1.38 bits per heavy atom. The Kier molecular flexibility index (Phi) is 6.03. The minimum absolute atomic E-state index is 0.0421. The summed E-state index contributed by atoms with van der Waals surface area (Å²) in [5.41, 5.74) is -0.367. The smallest absolute Gasteiger partial charge is 0.308 e. The number of carboxylic acid groups (broad SMARTS) is 1. The normalized spacial score (nSPS) is 13.2.